The Labute approximate surface area is 109 Å². The summed E-state index contributed by atoms with van der Waals surface area (Å²) in [5.41, 5.74) is 0. The first-order chi connectivity index (χ1) is 7.69. The second-order valence-electron chi connectivity index (χ2n) is 4.49. The molecule has 4 heteroatoms. The molecule has 0 saturated carbocycles. The molecule has 16 heavy (non-hydrogen) atoms. The Morgan fingerprint density at radius 2 is 2.44 bits per heavy atom. The minimum Gasteiger partial charge on any atom is -0.393 e. The number of piperidine rings is 1. The molecule has 2 unspecified atom stereocenters. The summed E-state index contributed by atoms with van der Waals surface area (Å²) in [6.45, 7) is 5.25. The van der Waals surface area contributed by atoms with Gasteiger partial charge in [0.2, 0.25) is 0 Å². The van der Waals surface area contributed by atoms with Crippen LogP contribution in [-0.2, 0) is 6.54 Å². The normalized spacial score (nSPS) is 27.2. The molecule has 0 bridgehead atoms. The number of aliphatic hydroxyl groups excluding tert-OH is 1. The van der Waals surface area contributed by atoms with Crippen LogP contribution in [0.2, 0.25) is 0 Å². The number of likely N-dealkylation sites (tertiary alicyclic amines) is 1. The van der Waals surface area contributed by atoms with Crippen LogP contribution in [0.15, 0.2) is 15.9 Å². The highest BCUT2D eigenvalue weighted by atomic mass is 79.9. The molecule has 0 amide bonds. The largest absolute Gasteiger partial charge is 0.393 e. The van der Waals surface area contributed by atoms with Crippen LogP contribution in [0.1, 0.15) is 24.6 Å². The molecule has 1 N–H and O–H groups in total. The topological polar surface area (TPSA) is 23.5 Å². The van der Waals surface area contributed by atoms with Crippen LogP contribution in [0, 0.1) is 5.92 Å². The van der Waals surface area contributed by atoms with Gasteiger partial charge in [-0.15, -0.1) is 11.3 Å². The minimum absolute atomic E-state index is 0.0867. The molecule has 2 nitrogen and oxygen atoms in total. The summed E-state index contributed by atoms with van der Waals surface area (Å²) in [6, 6.07) is 2.19. The van der Waals surface area contributed by atoms with Gasteiger partial charge >= 0.3 is 0 Å². The maximum absolute atomic E-state index is 9.83. The molecular weight excluding hydrogens is 286 g/mol. The molecule has 1 aliphatic heterocycles. The zero-order valence-corrected chi connectivity index (χ0v) is 11.9. The van der Waals surface area contributed by atoms with E-state index in [-0.39, 0.29) is 6.10 Å². The van der Waals surface area contributed by atoms with E-state index in [9.17, 15) is 5.11 Å². The summed E-state index contributed by atoms with van der Waals surface area (Å²) in [4.78, 5) is 3.86. The van der Waals surface area contributed by atoms with Crippen molar-refractivity contribution in [1.82, 2.24) is 4.90 Å². The van der Waals surface area contributed by atoms with E-state index in [4.69, 9.17) is 0 Å². The summed E-state index contributed by atoms with van der Waals surface area (Å²) in [5.74, 6) is 0.456. The van der Waals surface area contributed by atoms with Gasteiger partial charge in [0.1, 0.15) is 0 Å². The highest BCUT2D eigenvalue weighted by Crippen LogP contribution is 2.25. The van der Waals surface area contributed by atoms with E-state index in [2.05, 4.69) is 39.2 Å². The van der Waals surface area contributed by atoms with Gasteiger partial charge in [0.05, 0.1) is 6.10 Å². The van der Waals surface area contributed by atoms with Gasteiger partial charge in [-0.25, -0.2) is 0 Å². The zero-order chi connectivity index (χ0) is 11.5. The highest BCUT2D eigenvalue weighted by Gasteiger charge is 2.26. The molecule has 2 rings (SSSR count). The van der Waals surface area contributed by atoms with E-state index in [1.54, 1.807) is 11.3 Å². The molecule has 0 aliphatic carbocycles. The van der Waals surface area contributed by atoms with Gasteiger partial charge in [-0.3, -0.25) is 4.90 Å². The standard InChI is InChI=1S/C12H18BrNOS/c1-2-9-6-14(4-3-12(9)15)7-11-5-10(13)8-16-11/h5,8-9,12,15H,2-4,6-7H2,1H3. The predicted octanol–water partition coefficient (Wildman–Crippen LogP) is 3.10. The van der Waals surface area contributed by atoms with Crippen molar-refractivity contribution in [3.8, 4) is 0 Å². The van der Waals surface area contributed by atoms with Crippen LogP contribution >= 0.6 is 27.3 Å². The highest BCUT2D eigenvalue weighted by molar-refractivity contribution is 9.10. The molecule has 1 aromatic heterocycles. The lowest BCUT2D eigenvalue weighted by Crippen LogP contribution is -2.42. The molecule has 90 valence electrons. The number of aliphatic hydroxyl groups is 1. The van der Waals surface area contributed by atoms with E-state index < -0.39 is 0 Å². The molecule has 1 aromatic rings. The third-order valence-electron chi connectivity index (χ3n) is 3.30. The average Bonchev–Trinajstić information content (AvgIpc) is 2.67. The van der Waals surface area contributed by atoms with Gasteiger partial charge in [0, 0.05) is 34.4 Å². The van der Waals surface area contributed by atoms with E-state index in [1.165, 1.54) is 9.35 Å². The first kappa shape index (κ1) is 12.6. The fourth-order valence-electron chi connectivity index (χ4n) is 2.30. The third kappa shape index (κ3) is 3.06. The summed E-state index contributed by atoms with van der Waals surface area (Å²) in [5, 5.41) is 12.0. The lowest BCUT2D eigenvalue weighted by atomic mass is 9.92. The fourth-order valence-corrected chi connectivity index (χ4v) is 3.79. The van der Waals surface area contributed by atoms with Crippen LogP contribution in [0.4, 0.5) is 0 Å². The Kier molecular flexibility index (Phi) is 4.41. The van der Waals surface area contributed by atoms with E-state index in [0.29, 0.717) is 5.92 Å². The molecule has 0 aromatic carbocycles. The number of hydrogen-bond acceptors (Lipinski definition) is 3. The fraction of sp³-hybridized carbons (Fsp3) is 0.667. The molecule has 2 heterocycles. The van der Waals surface area contributed by atoms with E-state index >= 15 is 0 Å². The van der Waals surface area contributed by atoms with Crippen LogP contribution in [0.3, 0.4) is 0 Å². The molecule has 0 radical (unpaired) electrons. The van der Waals surface area contributed by atoms with Crippen molar-refractivity contribution in [2.75, 3.05) is 13.1 Å². The molecule has 0 spiro atoms. The molecule has 1 fully saturated rings. The first-order valence-electron chi connectivity index (χ1n) is 5.82. The van der Waals surface area contributed by atoms with Gasteiger partial charge in [-0.05, 0) is 40.8 Å². The van der Waals surface area contributed by atoms with Crippen molar-refractivity contribution >= 4 is 27.3 Å². The van der Waals surface area contributed by atoms with Gasteiger partial charge in [-0.2, -0.15) is 0 Å². The summed E-state index contributed by atoms with van der Waals surface area (Å²) in [7, 11) is 0. The van der Waals surface area contributed by atoms with Crippen LogP contribution < -0.4 is 0 Å². The third-order valence-corrected chi connectivity index (χ3v) is 4.99. The smallest absolute Gasteiger partial charge is 0.0592 e. The maximum atomic E-state index is 9.83. The summed E-state index contributed by atoms with van der Waals surface area (Å²) >= 11 is 5.29. The maximum Gasteiger partial charge on any atom is 0.0592 e. The van der Waals surface area contributed by atoms with Crippen molar-refractivity contribution in [2.45, 2.75) is 32.4 Å². The first-order valence-corrected chi connectivity index (χ1v) is 7.49. The Bertz CT molecular complexity index is 342. The molecule has 2 atom stereocenters. The molecular formula is C12H18BrNOS. The number of thiophene rings is 1. The predicted molar refractivity (Wildman–Crippen MR) is 71.7 cm³/mol. The van der Waals surface area contributed by atoms with E-state index in [0.717, 1.165) is 32.5 Å². The van der Waals surface area contributed by atoms with Crippen LogP contribution in [-0.4, -0.2) is 29.2 Å². The van der Waals surface area contributed by atoms with Crippen molar-refractivity contribution in [1.29, 1.82) is 0 Å². The number of halogens is 1. The van der Waals surface area contributed by atoms with E-state index in [1.807, 2.05) is 0 Å². The lowest BCUT2D eigenvalue weighted by molar-refractivity contribution is 0.0225. The van der Waals surface area contributed by atoms with Crippen LogP contribution in [0.25, 0.3) is 0 Å². The van der Waals surface area contributed by atoms with Gasteiger partial charge in [0.15, 0.2) is 0 Å². The average molecular weight is 304 g/mol. The summed E-state index contributed by atoms with van der Waals surface area (Å²) < 4.78 is 1.18. The Morgan fingerprint density at radius 3 is 3.06 bits per heavy atom. The number of nitrogens with zero attached hydrogens (tertiary/aromatic N) is 1. The Morgan fingerprint density at radius 1 is 1.62 bits per heavy atom. The SMILES string of the molecule is CCC1CN(Cc2cc(Br)cs2)CCC1O. The van der Waals surface area contributed by atoms with Crippen LogP contribution in [0.5, 0.6) is 0 Å². The number of rotatable bonds is 3. The van der Waals surface area contributed by atoms with Crippen molar-refractivity contribution < 1.29 is 5.11 Å². The second-order valence-corrected chi connectivity index (χ2v) is 6.40. The second kappa shape index (κ2) is 5.63. The summed E-state index contributed by atoms with van der Waals surface area (Å²) in [6.07, 6.45) is 1.91. The quantitative estimate of drug-likeness (QED) is 0.927. The molecule has 1 aliphatic rings. The van der Waals surface area contributed by atoms with Gasteiger partial charge in [-0.1, -0.05) is 6.92 Å². The zero-order valence-electron chi connectivity index (χ0n) is 9.53. The Hall–Kier alpha value is 0.1000. The van der Waals surface area contributed by atoms with Crippen molar-refractivity contribution in [3.63, 3.8) is 0 Å². The van der Waals surface area contributed by atoms with Gasteiger partial charge in [0.25, 0.3) is 0 Å². The van der Waals surface area contributed by atoms with Gasteiger partial charge < -0.3 is 5.11 Å². The minimum atomic E-state index is -0.0867. The molecule has 1 saturated heterocycles. The lowest BCUT2D eigenvalue weighted by Gasteiger charge is -2.35. The monoisotopic (exact) mass is 303 g/mol. The Balaban J connectivity index is 1.91. The van der Waals surface area contributed by atoms with Crippen molar-refractivity contribution in [2.24, 2.45) is 5.92 Å². The number of hydrogen-bond donors (Lipinski definition) is 1. The van der Waals surface area contributed by atoms with Crippen molar-refractivity contribution in [3.05, 3.63) is 20.8 Å².